The van der Waals surface area contributed by atoms with E-state index in [9.17, 15) is 4.79 Å². The van der Waals surface area contributed by atoms with E-state index in [2.05, 4.69) is 26.2 Å². The highest BCUT2D eigenvalue weighted by Crippen LogP contribution is 2.28. The topological polar surface area (TPSA) is 60.5 Å². The molecular weight excluding hydrogens is 404 g/mol. The first kappa shape index (κ1) is 17.4. The number of methoxy groups -OCH3 is 2. The number of hydrogen-bond donors (Lipinski definition) is 1. The second kappa shape index (κ2) is 7.67. The van der Waals surface area contributed by atoms with Gasteiger partial charge in [-0.3, -0.25) is 10.1 Å². The number of amides is 1. The molecule has 0 unspecified atom stereocenters. The second-order valence-electron chi connectivity index (χ2n) is 5.07. The van der Waals surface area contributed by atoms with Crippen LogP contribution in [0, 0.1) is 0 Å². The van der Waals surface area contributed by atoms with Crippen molar-refractivity contribution in [3.63, 3.8) is 0 Å². The lowest BCUT2D eigenvalue weighted by Crippen LogP contribution is -2.13. The molecule has 0 fully saturated rings. The highest BCUT2D eigenvalue weighted by molar-refractivity contribution is 9.10. The van der Waals surface area contributed by atoms with Crippen LogP contribution < -0.4 is 14.8 Å². The number of ether oxygens (including phenoxy) is 2. The molecule has 1 heterocycles. The minimum Gasteiger partial charge on any atom is -0.497 e. The molecule has 1 amide bonds. The smallest absolute Gasteiger partial charge is 0.261 e. The number of thiazole rings is 1. The van der Waals surface area contributed by atoms with Crippen LogP contribution >= 0.6 is 27.3 Å². The van der Waals surface area contributed by atoms with Crippen molar-refractivity contribution in [3.8, 4) is 22.8 Å². The summed E-state index contributed by atoms with van der Waals surface area (Å²) in [6.45, 7) is 0. The predicted octanol–water partition coefficient (Wildman–Crippen LogP) is 4.84. The molecule has 3 aromatic rings. The van der Waals surface area contributed by atoms with Crippen LogP contribution in [0.2, 0.25) is 0 Å². The molecule has 5 nitrogen and oxygen atoms in total. The molecule has 25 heavy (non-hydrogen) atoms. The van der Waals surface area contributed by atoms with Gasteiger partial charge in [0, 0.05) is 21.5 Å². The van der Waals surface area contributed by atoms with Gasteiger partial charge in [0.05, 0.1) is 25.5 Å². The van der Waals surface area contributed by atoms with E-state index in [1.54, 1.807) is 25.3 Å². The van der Waals surface area contributed by atoms with Gasteiger partial charge in [0.1, 0.15) is 11.5 Å². The zero-order valence-corrected chi connectivity index (χ0v) is 16.0. The first-order valence-corrected chi connectivity index (χ1v) is 9.03. The number of halogens is 1. The summed E-state index contributed by atoms with van der Waals surface area (Å²) in [7, 11) is 3.08. The Morgan fingerprint density at radius 2 is 1.88 bits per heavy atom. The Labute approximate surface area is 157 Å². The Balaban J connectivity index is 1.79. The number of nitrogens with one attached hydrogen (secondary N) is 1. The van der Waals surface area contributed by atoms with Crippen LogP contribution in [-0.4, -0.2) is 25.1 Å². The standard InChI is InChI=1S/C18H15BrN2O3S/c1-23-13-7-8-14(16(9-13)24-2)17(22)21-18-20-15(10-25-18)11-3-5-12(19)6-4-11/h3-10H,1-2H3,(H,20,21,22). The van der Waals surface area contributed by atoms with Crippen molar-refractivity contribution >= 4 is 38.3 Å². The van der Waals surface area contributed by atoms with Crippen molar-refractivity contribution in [2.75, 3.05) is 19.5 Å². The monoisotopic (exact) mass is 418 g/mol. The molecule has 0 saturated heterocycles. The highest BCUT2D eigenvalue weighted by Gasteiger charge is 2.15. The number of hydrogen-bond acceptors (Lipinski definition) is 5. The number of carbonyl (C=O) groups is 1. The van der Waals surface area contributed by atoms with E-state index in [4.69, 9.17) is 9.47 Å². The lowest BCUT2D eigenvalue weighted by Gasteiger charge is -2.09. The summed E-state index contributed by atoms with van der Waals surface area (Å²) in [5, 5.41) is 5.25. The largest absolute Gasteiger partial charge is 0.497 e. The van der Waals surface area contributed by atoms with Crippen molar-refractivity contribution in [2.24, 2.45) is 0 Å². The van der Waals surface area contributed by atoms with Crippen molar-refractivity contribution < 1.29 is 14.3 Å². The summed E-state index contributed by atoms with van der Waals surface area (Å²) >= 11 is 4.78. The fourth-order valence-electron chi connectivity index (χ4n) is 2.23. The zero-order chi connectivity index (χ0) is 17.8. The molecule has 0 bridgehead atoms. The van der Waals surface area contributed by atoms with Crippen LogP contribution in [0.4, 0.5) is 5.13 Å². The predicted molar refractivity (Wildman–Crippen MR) is 103 cm³/mol. The number of nitrogens with zero attached hydrogens (tertiary/aromatic N) is 1. The molecule has 0 aliphatic rings. The minimum atomic E-state index is -0.281. The number of benzene rings is 2. The maximum absolute atomic E-state index is 12.5. The first-order chi connectivity index (χ1) is 12.1. The van der Waals surface area contributed by atoms with Crippen molar-refractivity contribution in [3.05, 3.63) is 57.9 Å². The summed E-state index contributed by atoms with van der Waals surface area (Å²) in [6.07, 6.45) is 0. The SMILES string of the molecule is COc1ccc(C(=O)Nc2nc(-c3ccc(Br)cc3)cs2)c(OC)c1. The minimum absolute atomic E-state index is 0.281. The molecule has 0 spiro atoms. The summed E-state index contributed by atoms with van der Waals surface area (Å²) in [5.74, 6) is 0.790. The molecule has 0 saturated carbocycles. The average molecular weight is 419 g/mol. The van der Waals surface area contributed by atoms with Crippen molar-refractivity contribution in [1.82, 2.24) is 4.98 Å². The quantitative estimate of drug-likeness (QED) is 0.643. The van der Waals surface area contributed by atoms with Gasteiger partial charge in [-0.2, -0.15) is 0 Å². The number of aromatic nitrogens is 1. The first-order valence-electron chi connectivity index (χ1n) is 7.35. The highest BCUT2D eigenvalue weighted by atomic mass is 79.9. The summed E-state index contributed by atoms with van der Waals surface area (Å²) in [5.41, 5.74) is 2.22. The van der Waals surface area contributed by atoms with Crippen LogP contribution in [0.25, 0.3) is 11.3 Å². The van der Waals surface area contributed by atoms with Gasteiger partial charge in [-0.1, -0.05) is 28.1 Å². The van der Waals surface area contributed by atoms with E-state index >= 15 is 0 Å². The van der Waals surface area contributed by atoms with Crippen molar-refractivity contribution in [2.45, 2.75) is 0 Å². The number of anilines is 1. The van der Waals surface area contributed by atoms with Crippen LogP contribution in [0.3, 0.4) is 0 Å². The molecule has 0 aliphatic carbocycles. The molecule has 128 valence electrons. The van der Waals surface area contributed by atoms with E-state index < -0.39 is 0 Å². The molecule has 3 rings (SSSR count). The van der Waals surface area contributed by atoms with Gasteiger partial charge in [-0.25, -0.2) is 4.98 Å². The van der Waals surface area contributed by atoms with Gasteiger partial charge in [-0.05, 0) is 24.3 Å². The molecular formula is C18H15BrN2O3S. The molecule has 1 N–H and O–H groups in total. The Bertz CT molecular complexity index is 894. The summed E-state index contributed by atoms with van der Waals surface area (Å²) < 4.78 is 11.4. The molecule has 1 aromatic heterocycles. The normalized spacial score (nSPS) is 10.4. The van der Waals surface area contributed by atoms with E-state index in [1.165, 1.54) is 18.4 Å². The molecule has 0 radical (unpaired) electrons. The lowest BCUT2D eigenvalue weighted by atomic mass is 10.2. The van der Waals surface area contributed by atoms with Crippen LogP contribution in [0.1, 0.15) is 10.4 Å². The van der Waals surface area contributed by atoms with Crippen molar-refractivity contribution in [1.29, 1.82) is 0 Å². The van der Waals surface area contributed by atoms with Gasteiger partial charge in [0.2, 0.25) is 0 Å². The van der Waals surface area contributed by atoms with Crippen LogP contribution in [0.5, 0.6) is 11.5 Å². The van der Waals surface area contributed by atoms with E-state index in [1.807, 2.05) is 29.6 Å². The fraction of sp³-hybridized carbons (Fsp3) is 0.111. The average Bonchev–Trinajstić information content (AvgIpc) is 3.10. The van der Waals surface area contributed by atoms with E-state index in [0.717, 1.165) is 15.7 Å². The Kier molecular flexibility index (Phi) is 5.35. The third kappa shape index (κ3) is 4.00. The molecule has 0 atom stereocenters. The summed E-state index contributed by atoms with van der Waals surface area (Å²) in [4.78, 5) is 17.0. The lowest BCUT2D eigenvalue weighted by molar-refractivity contribution is 0.102. The van der Waals surface area contributed by atoms with Gasteiger partial charge < -0.3 is 9.47 Å². The summed E-state index contributed by atoms with van der Waals surface area (Å²) in [6, 6.07) is 12.9. The maximum atomic E-state index is 12.5. The molecule has 7 heteroatoms. The van der Waals surface area contributed by atoms with Crippen LogP contribution in [0.15, 0.2) is 52.3 Å². The second-order valence-corrected chi connectivity index (χ2v) is 6.84. The van der Waals surface area contributed by atoms with Gasteiger partial charge >= 0.3 is 0 Å². The van der Waals surface area contributed by atoms with Crippen LogP contribution in [-0.2, 0) is 0 Å². The Morgan fingerprint density at radius 1 is 1.12 bits per heavy atom. The fourth-order valence-corrected chi connectivity index (χ4v) is 3.21. The van der Waals surface area contributed by atoms with Gasteiger partial charge in [0.25, 0.3) is 5.91 Å². The number of rotatable bonds is 5. The Morgan fingerprint density at radius 3 is 2.56 bits per heavy atom. The van der Waals surface area contributed by atoms with E-state index in [-0.39, 0.29) is 5.91 Å². The Hall–Kier alpha value is -2.38. The maximum Gasteiger partial charge on any atom is 0.261 e. The van der Waals surface area contributed by atoms with Gasteiger partial charge in [0.15, 0.2) is 5.13 Å². The third-order valence-corrected chi connectivity index (χ3v) is 4.80. The number of carbonyl (C=O) groups excluding carboxylic acids is 1. The zero-order valence-electron chi connectivity index (χ0n) is 13.6. The molecule has 2 aromatic carbocycles. The van der Waals surface area contributed by atoms with E-state index in [0.29, 0.717) is 22.2 Å². The molecule has 0 aliphatic heterocycles. The third-order valence-electron chi connectivity index (χ3n) is 3.52. The van der Waals surface area contributed by atoms with Gasteiger partial charge in [-0.15, -0.1) is 11.3 Å².